The van der Waals surface area contributed by atoms with E-state index >= 15 is 0 Å². The number of pyridine rings is 1. The fourth-order valence-corrected chi connectivity index (χ4v) is 6.17. The van der Waals surface area contributed by atoms with Gasteiger partial charge in [0.2, 0.25) is 0 Å². The molecule has 1 atom stereocenters. The Balaban J connectivity index is 1.72. The van der Waals surface area contributed by atoms with Gasteiger partial charge in [0, 0.05) is 36.3 Å². The molecule has 0 aliphatic carbocycles. The number of alkyl halides is 3. The van der Waals surface area contributed by atoms with Gasteiger partial charge in [0.25, 0.3) is 5.56 Å². The minimum atomic E-state index is -4.23. The highest BCUT2D eigenvalue weighted by Gasteiger charge is 2.33. The van der Waals surface area contributed by atoms with E-state index in [1.54, 1.807) is 35.9 Å². The van der Waals surface area contributed by atoms with Crippen molar-refractivity contribution in [3.8, 4) is 0 Å². The first kappa shape index (κ1) is 27.2. The number of halogens is 3. The lowest BCUT2D eigenvalue weighted by Crippen LogP contribution is -2.40. The van der Waals surface area contributed by atoms with Crippen LogP contribution in [0.3, 0.4) is 0 Å². The van der Waals surface area contributed by atoms with Gasteiger partial charge in [-0.25, -0.2) is 8.42 Å². The molecule has 10 heteroatoms. The zero-order valence-electron chi connectivity index (χ0n) is 21.4. The Kier molecular flexibility index (Phi) is 7.45. The average molecular weight is 536 g/mol. The highest BCUT2D eigenvalue weighted by molar-refractivity contribution is 7.90. The van der Waals surface area contributed by atoms with Gasteiger partial charge in [0.05, 0.1) is 17.1 Å². The second kappa shape index (κ2) is 10.1. The number of benzene rings is 2. The minimum Gasteiger partial charge on any atom is -0.377 e. The Bertz CT molecular complexity index is 1470. The monoisotopic (exact) mass is 535 g/mol. The zero-order valence-corrected chi connectivity index (χ0v) is 22.2. The minimum absolute atomic E-state index is 0.0324. The summed E-state index contributed by atoms with van der Waals surface area (Å²) in [7, 11) is -1.74. The van der Waals surface area contributed by atoms with Gasteiger partial charge in [-0.3, -0.25) is 9.69 Å². The van der Waals surface area contributed by atoms with E-state index in [1.165, 1.54) is 4.90 Å². The highest BCUT2D eigenvalue weighted by atomic mass is 32.2. The van der Waals surface area contributed by atoms with Crippen LogP contribution in [0.4, 0.5) is 18.9 Å². The van der Waals surface area contributed by atoms with E-state index < -0.39 is 22.6 Å². The molecule has 0 amide bonds. The molecule has 4 rings (SSSR count). The van der Waals surface area contributed by atoms with Crippen molar-refractivity contribution >= 4 is 26.3 Å². The number of hydrogen-bond acceptors (Lipinski definition) is 5. The van der Waals surface area contributed by atoms with Crippen LogP contribution in [0.2, 0.25) is 0 Å². The number of aryl methyl sites for hydroxylation is 1. The summed E-state index contributed by atoms with van der Waals surface area (Å²) in [4.78, 5) is 15.0. The summed E-state index contributed by atoms with van der Waals surface area (Å²) < 4.78 is 64.7. The summed E-state index contributed by atoms with van der Waals surface area (Å²) in [5.74, 6) is -0.0324. The third-order valence-corrected chi connectivity index (χ3v) is 8.26. The molecule has 0 radical (unpaired) electrons. The predicted octanol–water partition coefficient (Wildman–Crippen LogP) is 5.17. The first-order valence-corrected chi connectivity index (χ1v) is 14.1. The molecule has 1 N–H and O–H groups in total. The average Bonchev–Trinajstić information content (AvgIpc) is 2.80. The molecule has 2 heterocycles. The van der Waals surface area contributed by atoms with E-state index in [4.69, 9.17) is 0 Å². The Labute approximate surface area is 215 Å². The first-order chi connectivity index (χ1) is 17.2. The number of anilines is 1. The number of likely N-dealkylation sites (tertiary alicyclic amines) is 1. The van der Waals surface area contributed by atoms with Crippen LogP contribution in [0.15, 0.2) is 52.2 Å². The Morgan fingerprint density at radius 2 is 1.73 bits per heavy atom. The van der Waals surface area contributed by atoms with Crippen molar-refractivity contribution in [1.82, 2.24) is 9.47 Å². The van der Waals surface area contributed by atoms with Crippen molar-refractivity contribution in [2.45, 2.75) is 49.7 Å². The van der Waals surface area contributed by atoms with Crippen molar-refractivity contribution in [3.05, 3.63) is 69.6 Å². The summed E-state index contributed by atoms with van der Waals surface area (Å²) in [6.45, 7) is 3.54. The molecule has 0 spiro atoms. The van der Waals surface area contributed by atoms with Crippen LogP contribution in [-0.4, -0.2) is 50.0 Å². The predicted molar refractivity (Wildman–Crippen MR) is 140 cm³/mol. The largest absolute Gasteiger partial charge is 0.401 e. The topological polar surface area (TPSA) is 71.4 Å². The maximum atomic E-state index is 13.4. The molecule has 1 aliphatic rings. The van der Waals surface area contributed by atoms with Crippen LogP contribution in [-0.2, 0) is 16.9 Å². The molecule has 6 nitrogen and oxygen atoms in total. The number of hydrogen-bond donors (Lipinski definition) is 1. The second-order valence-electron chi connectivity index (χ2n) is 10.0. The smallest absolute Gasteiger partial charge is 0.377 e. The molecule has 3 aromatic rings. The van der Waals surface area contributed by atoms with Gasteiger partial charge in [-0.15, -0.1) is 0 Å². The van der Waals surface area contributed by atoms with E-state index in [2.05, 4.69) is 5.32 Å². The molecule has 1 saturated heterocycles. The molecular weight excluding hydrogens is 503 g/mol. The third kappa shape index (κ3) is 6.01. The van der Waals surface area contributed by atoms with Gasteiger partial charge in [0.15, 0.2) is 9.84 Å². The van der Waals surface area contributed by atoms with E-state index in [0.717, 1.165) is 28.5 Å². The summed E-state index contributed by atoms with van der Waals surface area (Å²) in [5.41, 5.74) is 2.88. The summed E-state index contributed by atoms with van der Waals surface area (Å²) in [6, 6.07) is 12.2. The molecule has 37 heavy (non-hydrogen) atoms. The summed E-state index contributed by atoms with van der Waals surface area (Å²) in [5, 5.41) is 4.63. The maximum Gasteiger partial charge on any atom is 0.401 e. The number of aromatic nitrogens is 1. The van der Waals surface area contributed by atoms with Crippen LogP contribution < -0.4 is 10.9 Å². The second-order valence-corrected chi connectivity index (χ2v) is 12.0. The SMILES string of the molecule is Cc1cc([C@@H](C)Nc2ccccc2S(C)(=O)=O)c2cc(C3CCN(CC(F)(F)F)CC3)n(C)c(=O)c2c1. The number of sulfone groups is 1. The standard InChI is InChI=1S/C27H32F3N3O3S/c1-17-13-20(18(2)31-23-7-5-6-8-25(23)37(4,35)36)21-15-24(32(3)26(34)22(21)14-17)19-9-11-33(12-10-19)16-27(28,29)30/h5-8,13-15,18-19,31H,9-12,16H2,1-4H3/t18-/m1/s1. The fourth-order valence-electron chi connectivity index (χ4n) is 5.32. The van der Waals surface area contributed by atoms with E-state index in [0.29, 0.717) is 37.0 Å². The van der Waals surface area contributed by atoms with E-state index in [1.807, 2.05) is 32.0 Å². The Morgan fingerprint density at radius 3 is 2.35 bits per heavy atom. The van der Waals surface area contributed by atoms with E-state index in [-0.39, 0.29) is 22.4 Å². The van der Waals surface area contributed by atoms with Crippen LogP contribution in [0.25, 0.3) is 10.8 Å². The number of fused-ring (bicyclic) bond motifs is 1. The van der Waals surface area contributed by atoms with Crippen LogP contribution in [0.1, 0.15) is 48.5 Å². The highest BCUT2D eigenvalue weighted by Crippen LogP contribution is 2.34. The quantitative estimate of drug-likeness (QED) is 0.472. The number of para-hydroxylation sites is 1. The van der Waals surface area contributed by atoms with Gasteiger partial charge in [0.1, 0.15) is 0 Å². The normalized spacial score (nSPS) is 16.7. The lowest BCUT2D eigenvalue weighted by molar-refractivity contribution is -0.148. The molecule has 200 valence electrons. The molecule has 1 aromatic heterocycles. The van der Waals surface area contributed by atoms with Gasteiger partial charge in [-0.2, -0.15) is 13.2 Å². The van der Waals surface area contributed by atoms with Gasteiger partial charge < -0.3 is 9.88 Å². The van der Waals surface area contributed by atoms with Crippen molar-refractivity contribution in [2.24, 2.45) is 7.05 Å². The zero-order chi connectivity index (χ0) is 27.1. The van der Waals surface area contributed by atoms with Crippen molar-refractivity contribution < 1.29 is 21.6 Å². The van der Waals surface area contributed by atoms with Crippen molar-refractivity contribution in [2.75, 3.05) is 31.2 Å². The Hall–Kier alpha value is -2.85. The molecule has 1 aliphatic heterocycles. The first-order valence-electron chi connectivity index (χ1n) is 12.2. The lowest BCUT2D eigenvalue weighted by Gasteiger charge is -2.33. The molecule has 0 bridgehead atoms. The van der Waals surface area contributed by atoms with Crippen molar-refractivity contribution in [1.29, 1.82) is 0 Å². The van der Waals surface area contributed by atoms with Crippen molar-refractivity contribution in [3.63, 3.8) is 0 Å². The maximum absolute atomic E-state index is 13.4. The lowest BCUT2D eigenvalue weighted by atomic mass is 9.90. The Morgan fingerprint density at radius 1 is 1.08 bits per heavy atom. The summed E-state index contributed by atoms with van der Waals surface area (Å²) in [6.07, 6.45) is -2.00. The molecule has 0 saturated carbocycles. The molecule has 0 unspecified atom stereocenters. The molecule has 1 fully saturated rings. The van der Waals surface area contributed by atoms with Crippen LogP contribution >= 0.6 is 0 Å². The number of nitrogens with zero attached hydrogens (tertiary/aromatic N) is 2. The summed E-state index contributed by atoms with van der Waals surface area (Å²) >= 11 is 0. The van der Waals surface area contributed by atoms with Crippen LogP contribution in [0, 0.1) is 6.92 Å². The van der Waals surface area contributed by atoms with E-state index in [9.17, 15) is 26.4 Å². The fraction of sp³-hybridized carbons (Fsp3) is 0.444. The van der Waals surface area contributed by atoms with Gasteiger partial charge >= 0.3 is 6.18 Å². The number of piperidine rings is 1. The molecule has 2 aromatic carbocycles. The van der Waals surface area contributed by atoms with Crippen LogP contribution in [0.5, 0.6) is 0 Å². The molecular formula is C27H32F3N3O3S. The van der Waals surface area contributed by atoms with Gasteiger partial charge in [-0.1, -0.05) is 18.2 Å². The third-order valence-electron chi connectivity index (χ3n) is 7.10. The van der Waals surface area contributed by atoms with Gasteiger partial charge in [-0.05, 0) is 80.6 Å². The number of rotatable bonds is 6. The number of nitrogens with one attached hydrogen (secondary N) is 1.